The Bertz CT molecular complexity index is 919. The Kier molecular flexibility index (Phi) is 6.83. The van der Waals surface area contributed by atoms with E-state index in [1.165, 1.54) is 19.2 Å². The Labute approximate surface area is 166 Å². The maximum atomic E-state index is 13.9. The van der Waals surface area contributed by atoms with Gasteiger partial charge < -0.3 is 10.1 Å². The predicted molar refractivity (Wildman–Crippen MR) is 107 cm³/mol. The molecule has 1 N–H and O–H groups in total. The number of nitrogens with one attached hydrogen (secondary N) is 1. The summed E-state index contributed by atoms with van der Waals surface area (Å²) in [7, 11) is -1.92. The van der Waals surface area contributed by atoms with Gasteiger partial charge in [-0.3, -0.25) is 9.10 Å². The van der Waals surface area contributed by atoms with Crippen LogP contribution < -0.4 is 14.4 Å². The number of amides is 1. The van der Waals surface area contributed by atoms with Crippen molar-refractivity contribution in [3.63, 3.8) is 0 Å². The molecule has 0 saturated carbocycles. The molecule has 9 heteroatoms. The number of anilines is 2. The zero-order valence-electron chi connectivity index (χ0n) is 15.1. The third-order valence-electron chi connectivity index (χ3n) is 3.83. The van der Waals surface area contributed by atoms with Crippen molar-refractivity contribution in [3.8, 4) is 5.75 Å². The lowest BCUT2D eigenvalue weighted by molar-refractivity contribution is -0.122. The topological polar surface area (TPSA) is 75.7 Å². The second kappa shape index (κ2) is 8.71. The fourth-order valence-electron chi connectivity index (χ4n) is 2.22. The summed E-state index contributed by atoms with van der Waals surface area (Å²) >= 11 is 3.16. The lowest BCUT2D eigenvalue weighted by Crippen LogP contribution is -2.32. The first kappa shape index (κ1) is 21.2. The summed E-state index contributed by atoms with van der Waals surface area (Å²) in [6.07, 6.45) is 0.650. The molecule has 0 saturated heterocycles. The Morgan fingerprint density at radius 2 is 1.89 bits per heavy atom. The van der Waals surface area contributed by atoms with Crippen LogP contribution in [0.4, 0.5) is 15.8 Å². The summed E-state index contributed by atoms with van der Waals surface area (Å²) in [6, 6.07) is 10.6. The van der Waals surface area contributed by atoms with E-state index in [9.17, 15) is 17.6 Å². The van der Waals surface area contributed by atoms with Gasteiger partial charge in [-0.25, -0.2) is 12.8 Å². The van der Waals surface area contributed by atoms with Crippen molar-refractivity contribution >= 4 is 43.2 Å². The first-order valence-electron chi connectivity index (χ1n) is 8.08. The summed E-state index contributed by atoms with van der Waals surface area (Å²) in [5.41, 5.74) is 0.537. The van der Waals surface area contributed by atoms with E-state index in [0.29, 0.717) is 22.3 Å². The van der Waals surface area contributed by atoms with Gasteiger partial charge in [0.2, 0.25) is 10.0 Å². The highest BCUT2D eigenvalue weighted by Crippen LogP contribution is 2.23. The van der Waals surface area contributed by atoms with Crippen molar-refractivity contribution in [3.05, 3.63) is 52.8 Å². The minimum absolute atomic E-state index is 0.0652. The largest absolute Gasteiger partial charge is 0.481 e. The molecule has 6 nitrogen and oxygen atoms in total. The van der Waals surface area contributed by atoms with E-state index in [0.717, 1.165) is 10.6 Å². The number of hydrogen-bond acceptors (Lipinski definition) is 4. The molecule has 146 valence electrons. The van der Waals surface area contributed by atoms with Crippen molar-refractivity contribution < 1.29 is 22.3 Å². The number of benzene rings is 2. The molecule has 0 bridgehead atoms. The SMILES string of the molecule is CC[C@@H](Oc1ccc(N(C)S(C)(=O)=O)cc1)C(=O)Nc1ccc(Br)cc1F. The van der Waals surface area contributed by atoms with Crippen molar-refractivity contribution in [2.24, 2.45) is 0 Å². The molecule has 2 aromatic rings. The lowest BCUT2D eigenvalue weighted by atomic mass is 10.2. The van der Waals surface area contributed by atoms with Crippen molar-refractivity contribution in [1.82, 2.24) is 0 Å². The lowest BCUT2D eigenvalue weighted by Gasteiger charge is -2.19. The van der Waals surface area contributed by atoms with Crippen LogP contribution in [0.1, 0.15) is 13.3 Å². The van der Waals surface area contributed by atoms with E-state index < -0.39 is 27.9 Å². The fraction of sp³-hybridized carbons (Fsp3) is 0.278. The minimum atomic E-state index is -3.36. The molecule has 1 amide bonds. The maximum Gasteiger partial charge on any atom is 0.265 e. The number of rotatable bonds is 7. The molecule has 0 aliphatic heterocycles. The molecule has 0 radical (unpaired) electrons. The Morgan fingerprint density at radius 1 is 1.26 bits per heavy atom. The zero-order chi connectivity index (χ0) is 20.2. The molecular formula is C18H20BrFN2O4S. The standard InChI is InChI=1S/C18H20BrFN2O4S/c1-4-17(18(23)21-16-10-5-12(19)11-15(16)20)26-14-8-6-13(7-9-14)22(2)27(3,24)25/h5-11,17H,4H2,1-3H3,(H,21,23)/t17-/m1/s1. The molecule has 0 aromatic heterocycles. The number of halogens is 2. The Balaban J connectivity index is 2.08. The van der Waals surface area contributed by atoms with E-state index in [1.807, 2.05) is 0 Å². The number of hydrogen-bond donors (Lipinski definition) is 1. The molecular weight excluding hydrogens is 439 g/mol. The van der Waals surface area contributed by atoms with Gasteiger partial charge in [0.15, 0.2) is 6.10 Å². The smallest absolute Gasteiger partial charge is 0.265 e. The predicted octanol–water partition coefficient (Wildman–Crippen LogP) is 3.78. The van der Waals surface area contributed by atoms with Gasteiger partial charge in [0, 0.05) is 11.5 Å². The zero-order valence-corrected chi connectivity index (χ0v) is 17.5. The normalized spacial score (nSPS) is 12.3. The molecule has 2 rings (SSSR count). The molecule has 0 aliphatic carbocycles. The number of sulfonamides is 1. The average Bonchev–Trinajstić information content (AvgIpc) is 2.61. The number of carbonyl (C=O) groups is 1. The van der Waals surface area contributed by atoms with Crippen LogP contribution >= 0.6 is 15.9 Å². The molecule has 0 spiro atoms. The van der Waals surface area contributed by atoms with Gasteiger partial charge in [-0.05, 0) is 48.9 Å². The summed E-state index contributed by atoms with van der Waals surface area (Å²) in [6.45, 7) is 1.77. The summed E-state index contributed by atoms with van der Waals surface area (Å²) in [5.74, 6) is -0.629. The van der Waals surface area contributed by atoms with Crippen LogP contribution in [0.3, 0.4) is 0 Å². The van der Waals surface area contributed by atoms with E-state index >= 15 is 0 Å². The third-order valence-corrected chi connectivity index (χ3v) is 5.53. The van der Waals surface area contributed by atoms with Crippen LogP contribution in [-0.4, -0.2) is 33.7 Å². The van der Waals surface area contributed by atoms with E-state index in [-0.39, 0.29) is 5.69 Å². The van der Waals surface area contributed by atoms with E-state index in [2.05, 4.69) is 21.2 Å². The van der Waals surface area contributed by atoms with Gasteiger partial charge in [-0.2, -0.15) is 0 Å². The van der Waals surface area contributed by atoms with Crippen molar-refractivity contribution in [2.45, 2.75) is 19.4 Å². The molecule has 27 heavy (non-hydrogen) atoms. The third kappa shape index (κ3) is 5.67. The van der Waals surface area contributed by atoms with Gasteiger partial charge in [-0.15, -0.1) is 0 Å². The molecule has 1 atom stereocenters. The van der Waals surface area contributed by atoms with Crippen LogP contribution in [0.15, 0.2) is 46.9 Å². The highest BCUT2D eigenvalue weighted by atomic mass is 79.9. The average molecular weight is 459 g/mol. The highest BCUT2D eigenvalue weighted by molar-refractivity contribution is 9.10. The number of ether oxygens (including phenoxy) is 1. The molecule has 0 aliphatic rings. The summed E-state index contributed by atoms with van der Waals surface area (Å²) in [4.78, 5) is 12.4. The maximum absolute atomic E-state index is 13.9. The van der Waals surface area contributed by atoms with Crippen LogP contribution in [0.2, 0.25) is 0 Å². The summed E-state index contributed by atoms with van der Waals surface area (Å²) < 4.78 is 44.4. The monoisotopic (exact) mass is 458 g/mol. The van der Waals surface area contributed by atoms with Gasteiger partial charge in [0.1, 0.15) is 11.6 Å². The fourth-order valence-corrected chi connectivity index (χ4v) is 3.05. The number of nitrogens with zero attached hydrogens (tertiary/aromatic N) is 1. The highest BCUT2D eigenvalue weighted by Gasteiger charge is 2.20. The van der Waals surface area contributed by atoms with Gasteiger partial charge in [0.25, 0.3) is 5.91 Å². The first-order chi connectivity index (χ1) is 12.6. The van der Waals surface area contributed by atoms with Crippen LogP contribution in [-0.2, 0) is 14.8 Å². The molecule has 0 fully saturated rings. The Morgan fingerprint density at radius 3 is 2.41 bits per heavy atom. The summed E-state index contributed by atoms with van der Waals surface area (Å²) in [5, 5.41) is 2.51. The van der Waals surface area contributed by atoms with E-state index in [1.54, 1.807) is 37.3 Å². The second-order valence-electron chi connectivity index (χ2n) is 5.85. The van der Waals surface area contributed by atoms with Crippen LogP contribution in [0.5, 0.6) is 5.75 Å². The minimum Gasteiger partial charge on any atom is -0.481 e. The molecule has 0 heterocycles. The first-order valence-corrected chi connectivity index (χ1v) is 10.7. The van der Waals surface area contributed by atoms with Crippen LogP contribution in [0, 0.1) is 5.82 Å². The molecule has 2 aromatic carbocycles. The Hall–Kier alpha value is -2.13. The van der Waals surface area contributed by atoms with Crippen molar-refractivity contribution in [1.29, 1.82) is 0 Å². The van der Waals surface area contributed by atoms with Gasteiger partial charge in [-0.1, -0.05) is 22.9 Å². The van der Waals surface area contributed by atoms with Gasteiger partial charge >= 0.3 is 0 Å². The van der Waals surface area contributed by atoms with Crippen LogP contribution in [0.25, 0.3) is 0 Å². The quantitative estimate of drug-likeness (QED) is 0.684. The van der Waals surface area contributed by atoms with Gasteiger partial charge in [0.05, 0.1) is 17.6 Å². The van der Waals surface area contributed by atoms with E-state index in [4.69, 9.17) is 4.74 Å². The number of carbonyl (C=O) groups excluding carboxylic acids is 1. The van der Waals surface area contributed by atoms with Crippen molar-refractivity contribution in [2.75, 3.05) is 22.9 Å². The second-order valence-corrected chi connectivity index (χ2v) is 8.78. The molecule has 0 unspecified atom stereocenters.